The van der Waals surface area contributed by atoms with Gasteiger partial charge in [-0.2, -0.15) is 0 Å². The lowest BCUT2D eigenvalue weighted by atomic mass is 9.98. The molecule has 2 heterocycles. The molecule has 0 saturated carbocycles. The summed E-state index contributed by atoms with van der Waals surface area (Å²) in [6.07, 6.45) is 13.3. The maximum Gasteiger partial charge on any atom is 0.329 e. The van der Waals surface area contributed by atoms with Crippen LogP contribution in [0.5, 0.6) is 0 Å². The van der Waals surface area contributed by atoms with Gasteiger partial charge in [0, 0.05) is 13.0 Å². The average Bonchev–Trinajstić information content (AvgIpc) is 3.25. The van der Waals surface area contributed by atoms with Gasteiger partial charge in [0.15, 0.2) is 0 Å². The second kappa shape index (κ2) is 13.3. The van der Waals surface area contributed by atoms with E-state index in [2.05, 4.69) is 40.4 Å². The number of thioether (sulfide) groups is 1. The average molecular weight is 466 g/mol. The number of carbonyl (C=O) groups excluding carboxylic acids is 1. The van der Waals surface area contributed by atoms with Crippen LogP contribution in [-0.2, 0) is 9.53 Å². The van der Waals surface area contributed by atoms with E-state index in [0.717, 1.165) is 5.92 Å². The Kier molecular flexibility index (Phi) is 10.8. The van der Waals surface area contributed by atoms with E-state index in [9.17, 15) is 14.9 Å². The highest BCUT2D eigenvalue weighted by Gasteiger charge is 2.32. The highest BCUT2D eigenvalue weighted by Crippen LogP contribution is 2.21. The van der Waals surface area contributed by atoms with Crippen molar-refractivity contribution in [2.45, 2.75) is 44.9 Å². The van der Waals surface area contributed by atoms with Crippen LogP contribution in [0.1, 0.15) is 39.5 Å². The van der Waals surface area contributed by atoms with Crippen molar-refractivity contribution >= 4 is 23.6 Å². The second-order valence-electron chi connectivity index (χ2n) is 8.01. The van der Waals surface area contributed by atoms with E-state index in [1.54, 1.807) is 6.92 Å². The molecule has 0 spiro atoms. The second-order valence-corrected chi connectivity index (χ2v) is 9.05. The van der Waals surface area contributed by atoms with Crippen LogP contribution in [-0.4, -0.2) is 66.0 Å². The highest BCUT2D eigenvalue weighted by molar-refractivity contribution is 7.99. The fourth-order valence-electron chi connectivity index (χ4n) is 3.76. The third-order valence-electron chi connectivity index (χ3n) is 5.31. The quantitative estimate of drug-likeness (QED) is 0.334. The number of rotatable bonds is 7. The van der Waals surface area contributed by atoms with Gasteiger partial charge in [0.2, 0.25) is 5.84 Å². The number of amidine groups is 1. The molecule has 0 amide bonds. The predicted octanol–water partition coefficient (Wildman–Crippen LogP) is 2.68. The number of ether oxygens (including phenoxy) is 1. The first-order valence-electron chi connectivity index (χ1n) is 11.1. The van der Waals surface area contributed by atoms with Crippen molar-refractivity contribution in [3.8, 4) is 0 Å². The van der Waals surface area contributed by atoms with Gasteiger partial charge in [-0.3, -0.25) is 24.8 Å². The number of esters is 1. The molecular weight excluding hydrogens is 430 g/mol. The molecule has 178 valence electrons. The molecule has 0 radical (unpaired) electrons. The molecule has 3 N–H and O–H groups in total. The molecule has 3 rings (SSSR count). The molecule has 0 bridgehead atoms. The van der Waals surface area contributed by atoms with Gasteiger partial charge >= 0.3 is 11.7 Å². The van der Waals surface area contributed by atoms with Crippen molar-refractivity contribution in [1.82, 2.24) is 10.2 Å². The first-order chi connectivity index (χ1) is 15.3. The number of nitrogens with two attached hydrogens (primary N) is 1. The van der Waals surface area contributed by atoms with Crippen LogP contribution < -0.4 is 11.1 Å². The van der Waals surface area contributed by atoms with Crippen LogP contribution in [0.2, 0.25) is 0 Å². The molecule has 9 nitrogen and oxygen atoms in total. The van der Waals surface area contributed by atoms with Gasteiger partial charge in [-0.25, -0.2) is 0 Å². The zero-order valence-corrected chi connectivity index (χ0v) is 20.0. The minimum atomic E-state index is -0.594. The predicted molar refractivity (Wildman–Crippen MR) is 129 cm³/mol. The van der Waals surface area contributed by atoms with Crippen molar-refractivity contribution in [3.63, 3.8) is 0 Å². The number of carbonyl (C=O) groups is 1. The van der Waals surface area contributed by atoms with Gasteiger partial charge in [0.1, 0.15) is 6.54 Å². The summed E-state index contributed by atoms with van der Waals surface area (Å²) < 4.78 is 4.71. The minimum Gasteiger partial charge on any atom is -0.465 e. The molecule has 1 fully saturated rings. The van der Waals surface area contributed by atoms with Crippen molar-refractivity contribution < 1.29 is 14.5 Å². The van der Waals surface area contributed by atoms with Gasteiger partial charge in [-0.1, -0.05) is 25.2 Å². The number of aliphatic imine (C=N–C) groups is 1. The number of nitro groups is 1. The van der Waals surface area contributed by atoms with E-state index in [-0.39, 0.29) is 35.8 Å². The van der Waals surface area contributed by atoms with Gasteiger partial charge in [-0.15, -0.1) is 11.8 Å². The van der Waals surface area contributed by atoms with E-state index < -0.39 is 10.9 Å². The van der Waals surface area contributed by atoms with E-state index in [1.165, 1.54) is 56.2 Å². The Morgan fingerprint density at radius 2 is 2.16 bits per heavy atom. The molecule has 3 aliphatic rings. The Morgan fingerprint density at radius 3 is 2.75 bits per heavy atom. The number of hydrogen-bond donors (Lipinski definition) is 2. The summed E-state index contributed by atoms with van der Waals surface area (Å²) in [7, 11) is 0. The fraction of sp³-hybridized carbons (Fsp3) is 0.636. The largest absolute Gasteiger partial charge is 0.465 e. The Labute approximate surface area is 194 Å². The zero-order valence-electron chi connectivity index (χ0n) is 19.2. The standard InChI is InChI=1S/C12H19N.C10H16N4O4S/c1-11-5-4-6-12(9-11)10-13-7-2-3-8-13;1-3-18-8(15)5-12-10-9(14(16)17)6(11)4-7(13-10)19-2/h4,6,9,11H,2-3,5,7-8,10H2,1H3;7H,3-5,11H2,1-2H3,(H,12,13). The molecule has 10 heteroatoms. The maximum absolute atomic E-state index is 11.2. The molecule has 1 aliphatic carbocycles. The minimum absolute atomic E-state index is 0.0288. The van der Waals surface area contributed by atoms with E-state index in [4.69, 9.17) is 10.5 Å². The monoisotopic (exact) mass is 465 g/mol. The molecule has 0 aromatic carbocycles. The summed E-state index contributed by atoms with van der Waals surface area (Å²) in [5.41, 5.74) is 7.11. The summed E-state index contributed by atoms with van der Waals surface area (Å²) in [5, 5.41) is 13.8. The molecule has 1 saturated heterocycles. The van der Waals surface area contributed by atoms with E-state index in [0.29, 0.717) is 6.42 Å². The number of nitrogens with one attached hydrogen (secondary N) is 1. The molecule has 2 aliphatic heterocycles. The van der Waals surface area contributed by atoms with Crippen LogP contribution in [0.15, 0.2) is 40.2 Å². The summed E-state index contributed by atoms with van der Waals surface area (Å²) in [5.74, 6) is 0.244. The summed E-state index contributed by atoms with van der Waals surface area (Å²) in [4.78, 5) is 28.0. The number of nitrogens with zero attached hydrogens (tertiary/aromatic N) is 3. The number of hydrogen-bond acceptors (Lipinski definition) is 8. The number of allylic oxidation sites excluding steroid dienone is 2. The lowest BCUT2D eigenvalue weighted by Gasteiger charge is -2.23. The summed E-state index contributed by atoms with van der Waals surface area (Å²) in [6, 6.07) is 0. The van der Waals surface area contributed by atoms with Gasteiger partial charge in [0.25, 0.3) is 0 Å². The Bertz CT molecular complexity index is 787. The maximum atomic E-state index is 11.2. The SMILES string of the molecule is CC1C=C(CN2CCCC2)C=CC1.CCOC(=O)CN=C1NC(SC)CC(N)=C1[N+](=O)[O-]. The first kappa shape index (κ1) is 25.9. The topological polar surface area (TPSA) is 123 Å². The molecular formula is C22H35N5O4S. The summed E-state index contributed by atoms with van der Waals surface area (Å²) >= 11 is 1.47. The molecule has 0 aromatic rings. The van der Waals surface area contributed by atoms with Gasteiger partial charge in [-0.05, 0) is 57.0 Å². The fourth-order valence-corrected chi connectivity index (χ4v) is 4.34. The molecule has 2 unspecified atom stereocenters. The Morgan fingerprint density at radius 1 is 1.44 bits per heavy atom. The van der Waals surface area contributed by atoms with Crippen LogP contribution in [0.25, 0.3) is 0 Å². The van der Waals surface area contributed by atoms with E-state index >= 15 is 0 Å². The van der Waals surface area contributed by atoms with Crippen LogP contribution >= 0.6 is 11.8 Å². The van der Waals surface area contributed by atoms with Crippen LogP contribution in [0.3, 0.4) is 0 Å². The van der Waals surface area contributed by atoms with Gasteiger partial charge in [0.05, 0.1) is 22.6 Å². The normalized spacial score (nSPS) is 24.5. The number of likely N-dealkylation sites (tertiary alicyclic amines) is 1. The van der Waals surface area contributed by atoms with Gasteiger partial charge < -0.3 is 15.8 Å². The van der Waals surface area contributed by atoms with Crippen molar-refractivity contribution in [1.29, 1.82) is 0 Å². The summed E-state index contributed by atoms with van der Waals surface area (Å²) in [6.45, 7) is 7.73. The Balaban J connectivity index is 0.000000242. The van der Waals surface area contributed by atoms with Crippen molar-refractivity contribution in [2.24, 2.45) is 16.6 Å². The lowest BCUT2D eigenvalue weighted by molar-refractivity contribution is -0.417. The van der Waals surface area contributed by atoms with Crippen LogP contribution in [0, 0.1) is 16.0 Å². The Hall–Kier alpha value is -2.33. The zero-order chi connectivity index (χ0) is 23.5. The smallest absolute Gasteiger partial charge is 0.329 e. The third kappa shape index (κ3) is 8.31. The highest BCUT2D eigenvalue weighted by atomic mass is 32.2. The lowest BCUT2D eigenvalue weighted by Crippen LogP contribution is -2.42. The van der Waals surface area contributed by atoms with Crippen LogP contribution in [0.4, 0.5) is 0 Å². The molecule has 2 atom stereocenters. The van der Waals surface area contributed by atoms with Crippen molar-refractivity contribution in [3.05, 3.63) is 45.3 Å². The van der Waals surface area contributed by atoms with Crippen molar-refractivity contribution in [2.75, 3.05) is 39.0 Å². The first-order valence-corrected chi connectivity index (χ1v) is 12.3. The third-order valence-corrected chi connectivity index (χ3v) is 6.17. The van der Waals surface area contributed by atoms with E-state index in [1.807, 2.05) is 6.26 Å². The molecule has 0 aromatic heterocycles. The molecule has 32 heavy (non-hydrogen) atoms.